The molecule has 2 saturated heterocycles. The Morgan fingerprint density at radius 3 is 2.72 bits per heavy atom. The summed E-state index contributed by atoms with van der Waals surface area (Å²) in [6.45, 7) is 4.78. The van der Waals surface area contributed by atoms with Crippen molar-refractivity contribution >= 4 is 34.6 Å². The number of benzene rings is 1. The topological polar surface area (TPSA) is 75.6 Å². The van der Waals surface area contributed by atoms with Crippen LogP contribution in [-0.4, -0.2) is 68.7 Å². The highest BCUT2D eigenvalue weighted by Crippen LogP contribution is 2.33. The standard InChI is InChI=1S/C17H20N4O3S/c1-17(16(23)20-7-9-24-10-8-20)5-2-6-21(17)15(22)12-3-4-13-14(11-12)19-25-18-13/h3-4,11H,2,5-10H2,1H3/t17-/m1/s1. The van der Waals surface area contributed by atoms with E-state index in [1.165, 1.54) is 0 Å². The molecule has 4 rings (SSSR count). The van der Waals surface area contributed by atoms with Gasteiger partial charge >= 0.3 is 0 Å². The van der Waals surface area contributed by atoms with Gasteiger partial charge in [0, 0.05) is 25.2 Å². The molecule has 2 fully saturated rings. The number of carbonyl (C=O) groups is 2. The van der Waals surface area contributed by atoms with Crippen LogP contribution in [0.4, 0.5) is 0 Å². The Kier molecular flexibility index (Phi) is 4.16. The minimum absolute atomic E-state index is 0.0260. The molecule has 1 atom stereocenters. The van der Waals surface area contributed by atoms with Gasteiger partial charge in [-0.15, -0.1) is 0 Å². The van der Waals surface area contributed by atoms with Crippen molar-refractivity contribution in [2.75, 3.05) is 32.8 Å². The number of hydrogen-bond donors (Lipinski definition) is 0. The number of nitrogens with zero attached hydrogens (tertiary/aromatic N) is 4. The number of likely N-dealkylation sites (tertiary alicyclic amines) is 1. The molecule has 2 aromatic rings. The number of rotatable bonds is 2. The van der Waals surface area contributed by atoms with Crippen LogP contribution in [0.3, 0.4) is 0 Å². The number of carbonyl (C=O) groups excluding carboxylic acids is 2. The van der Waals surface area contributed by atoms with E-state index in [0.717, 1.165) is 29.2 Å². The third-order valence-electron chi connectivity index (χ3n) is 5.15. The maximum Gasteiger partial charge on any atom is 0.254 e. The third-order valence-corrected chi connectivity index (χ3v) is 5.70. The molecule has 0 spiro atoms. The molecule has 1 aromatic heterocycles. The van der Waals surface area contributed by atoms with E-state index in [-0.39, 0.29) is 11.8 Å². The van der Waals surface area contributed by atoms with E-state index in [4.69, 9.17) is 4.74 Å². The molecule has 0 N–H and O–H groups in total. The van der Waals surface area contributed by atoms with Crippen molar-refractivity contribution < 1.29 is 14.3 Å². The van der Waals surface area contributed by atoms with Gasteiger partial charge in [-0.05, 0) is 38.0 Å². The number of morpholine rings is 1. The maximum atomic E-state index is 13.1. The molecule has 132 valence electrons. The van der Waals surface area contributed by atoms with Crippen LogP contribution in [-0.2, 0) is 9.53 Å². The zero-order valence-corrected chi connectivity index (χ0v) is 14.9. The quantitative estimate of drug-likeness (QED) is 0.812. The molecule has 25 heavy (non-hydrogen) atoms. The second-order valence-electron chi connectivity index (χ2n) is 6.71. The van der Waals surface area contributed by atoms with Gasteiger partial charge in [-0.1, -0.05) is 0 Å². The molecule has 2 amide bonds. The van der Waals surface area contributed by atoms with E-state index in [2.05, 4.69) is 8.75 Å². The van der Waals surface area contributed by atoms with E-state index in [1.807, 2.05) is 17.9 Å². The van der Waals surface area contributed by atoms with E-state index in [9.17, 15) is 9.59 Å². The van der Waals surface area contributed by atoms with Gasteiger partial charge in [0.1, 0.15) is 16.6 Å². The Morgan fingerprint density at radius 1 is 1.16 bits per heavy atom. The van der Waals surface area contributed by atoms with Gasteiger partial charge in [-0.3, -0.25) is 9.59 Å². The molecule has 7 nitrogen and oxygen atoms in total. The maximum absolute atomic E-state index is 13.1. The Labute approximate surface area is 149 Å². The summed E-state index contributed by atoms with van der Waals surface area (Å²) in [7, 11) is 0. The van der Waals surface area contributed by atoms with Crippen molar-refractivity contribution in [3.8, 4) is 0 Å². The first-order valence-corrected chi connectivity index (χ1v) is 9.24. The summed E-state index contributed by atoms with van der Waals surface area (Å²) in [4.78, 5) is 29.7. The van der Waals surface area contributed by atoms with Crippen molar-refractivity contribution in [1.82, 2.24) is 18.5 Å². The van der Waals surface area contributed by atoms with Crippen LogP contribution in [0.1, 0.15) is 30.1 Å². The fourth-order valence-electron chi connectivity index (χ4n) is 3.69. The second kappa shape index (κ2) is 6.34. The summed E-state index contributed by atoms with van der Waals surface area (Å²) in [6.07, 6.45) is 1.52. The highest BCUT2D eigenvalue weighted by atomic mass is 32.1. The van der Waals surface area contributed by atoms with E-state index < -0.39 is 5.54 Å². The number of ether oxygens (including phenoxy) is 1. The lowest BCUT2D eigenvalue weighted by Gasteiger charge is -2.39. The fourth-order valence-corrected chi connectivity index (χ4v) is 4.21. The predicted molar refractivity (Wildman–Crippen MR) is 93.5 cm³/mol. The fraction of sp³-hybridized carbons (Fsp3) is 0.529. The normalized spacial score (nSPS) is 24.0. The Bertz CT molecular complexity index is 817. The van der Waals surface area contributed by atoms with Crippen molar-refractivity contribution in [3.63, 3.8) is 0 Å². The molecule has 3 heterocycles. The number of aromatic nitrogens is 2. The van der Waals surface area contributed by atoms with Crippen LogP contribution in [0.2, 0.25) is 0 Å². The first kappa shape index (κ1) is 16.4. The summed E-state index contributed by atoms with van der Waals surface area (Å²) in [5.74, 6) is -0.0884. The van der Waals surface area contributed by atoms with Gasteiger partial charge < -0.3 is 14.5 Å². The molecule has 0 aliphatic carbocycles. The van der Waals surface area contributed by atoms with Crippen LogP contribution in [0.15, 0.2) is 18.2 Å². The number of hydrogen-bond acceptors (Lipinski definition) is 6. The first-order valence-electron chi connectivity index (χ1n) is 8.51. The molecular formula is C17H20N4O3S. The lowest BCUT2D eigenvalue weighted by atomic mass is 9.95. The van der Waals surface area contributed by atoms with E-state index >= 15 is 0 Å². The highest BCUT2D eigenvalue weighted by Gasteiger charge is 2.47. The molecule has 0 bridgehead atoms. The molecule has 0 unspecified atom stereocenters. The van der Waals surface area contributed by atoms with Crippen LogP contribution in [0, 0.1) is 0 Å². The zero-order chi connectivity index (χ0) is 17.4. The molecule has 2 aliphatic heterocycles. The average molecular weight is 360 g/mol. The van der Waals surface area contributed by atoms with Crippen molar-refractivity contribution in [2.24, 2.45) is 0 Å². The van der Waals surface area contributed by atoms with Crippen LogP contribution in [0.5, 0.6) is 0 Å². The van der Waals surface area contributed by atoms with Gasteiger partial charge in [0.15, 0.2) is 0 Å². The summed E-state index contributed by atoms with van der Waals surface area (Å²) in [5.41, 5.74) is 1.28. The Balaban J connectivity index is 1.61. The summed E-state index contributed by atoms with van der Waals surface area (Å²) in [6, 6.07) is 5.34. The highest BCUT2D eigenvalue weighted by molar-refractivity contribution is 7.00. The lowest BCUT2D eigenvalue weighted by molar-refractivity contribution is -0.144. The van der Waals surface area contributed by atoms with Gasteiger partial charge in [-0.25, -0.2) is 0 Å². The molecule has 0 saturated carbocycles. The molecular weight excluding hydrogens is 340 g/mol. The predicted octanol–water partition coefficient (Wildman–Crippen LogP) is 1.54. The van der Waals surface area contributed by atoms with Crippen LogP contribution < -0.4 is 0 Å². The van der Waals surface area contributed by atoms with Gasteiger partial charge in [-0.2, -0.15) is 8.75 Å². The first-order chi connectivity index (χ1) is 12.1. The van der Waals surface area contributed by atoms with Crippen LogP contribution >= 0.6 is 11.7 Å². The van der Waals surface area contributed by atoms with Gasteiger partial charge in [0.25, 0.3) is 5.91 Å². The van der Waals surface area contributed by atoms with Gasteiger partial charge in [0.05, 0.1) is 24.9 Å². The minimum Gasteiger partial charge on any atom is -0.378 e. The zero-order valence-electron chi connectivity index (χ0n) is 14.1. The second-order valence-corrected chi connectivity index (χ2v) is 7.23. The average Bonchev–Trinajstić information content (AvgIpc) is 3.27. The Hall–Kier alpha value is -2.06. The van der Waals surface area contributed by atoms with Crippen LogP contribution in [0.25, 0.3) is 11.0 Å². The van der Waals surface area contributed by atoms with E-state index in [1.54, 1.807) is 17.0 Å². The number of amides is 2. The van der Waals surface area contributed by atoms with Crippen molar-refractivity contribution in [1.29, 1.82) is 0 Å². The van der Waals surface area contributed by atoms with Crippen molar-refractivity contribution in [2.45, 2.75) is 25.3 Å². The SMILES string of the molecule is C[C@]1(C(=O)N2CCOCC2)CCCN1C(=O)c1ccc2nsnc2c1. The lowest BCUT2D eigenvalue weighted by Crippen LogP contribution is -2.58. The number of fused-ring (bicyclic) bond motifs is 1. The van der Waals surface area contributed by atoms with Crippen molar-refractivity contribution in [3.05, 3.63) is 23.8 Å². The summed E-state index contributed by atoms with van der Waals surface area (Å²) >= 11 is 1.13. The smallest absolute Gasteiger partial charge is 0.254 e. The minimum atomic E-state index is -0.788. The third kappa shape index (κ3) is 2.79. The summed E-state index contributed by atoms with van der Waals surface area (Å²) in [5, 5.41) is 0. The van der Waals surface area contributed by atoms with Gasteiger partial charge in [0.2, 0.25) is 5.91 Å². The largest absolute Gasteiger partial charge is 0.378 e. The molecule has 0 radical (unpaired) electrons. The summed E-state index contributed by atoms with van der Waals surface area (Å²) < 4.78 is 13.7. The Morgan fingerprint density at radius 2 is 1.92 bits per heavy atom. The molecule has 1 aromatic carbocycles. The van der Waals surface area contributed by atoms with E-state index in [0.29, 0.717) is 44.8 Å². The monoisotopic (exact) mass is 360 g/mol. The molecule has 8 heteroatoms. The molecule has 2 aliphatic rings.